The number of amides is 1. The van der Waals surface area contributed by atoms with E-state index >= 15 is 0 Å². The number of carbonyl (C=O) groups is 1. The van der Waals surface area contributed by atoms with Gasteiger partial charge in [-0.15, -0.1) is 0 Å². The first kappa shape index (κ1) is 15.6. The molecule has 5 nitrogen and oxygen atoms in total. The van der Waals surface area contributed by atoms with E-state index in [2.05, 4.69) is 21.2 Å². The summed E-state index contributed by atoms with van der Waals surface area (Å²) in [6.45, 7) is 0. The van der Waals surface area contributed by atoms with Gasteiger partial charge in [-0.2, -0.15) is 0 Å². The first-order valence-corrected chi connectivity index (χ1v) is 8.00. The van der Waals surface area contributed by atoms with Gasteiger partial charge in [0.2, 0.25) is 10.0 Å². The summed E-state index contributed by atoms with van der Waals surface area (Å²) in [4.78, 5) is 11.9. The molecule has 0 unspecified atom stereocenters. The average Bonchev–Trinajstić information content (AvgIpc) is 2.37. The maximum Gasteiger partial charge on any atom is 0.255 e. The number of nitrogens with two attached hydrogens (primary N) is 1. The summed E-state index contributed by atoms with van der Waals surface area (Å²) >= 11 is 3.10. The molecule has 110 valence electrons. The highest BCUT2D eigenvalue weighted by molar-refractivity contribution is 9.10. The minimum Gasteiger partial charge on any atom is -0.322 e. The summed E-state index contributed by atoms with van der Waals surface area (Å²) in [5, 5.41) is 7.50. The normalized spacial score (nSPS) is 11.2. The molecular weight excluding hydrogens is 363 g/mol. The maximum atomic E-state index is 13.2. The smallest absolute Gasteiger partial charge is 0.255 e. The Morgan fingerprint density at radius 1 is 1.14 bits per heavy atom. The van der Waals surface area contributed by atoms with Gasteiger partial charge in [0.15, 0.2) is 0 Å². The first-order chi connectivity index (χ1) is 9.75. The number of sulfonamides is 1. The van der Waals surface area contributed by atoms with Crippen LogP contribution in [0.3, 0.4) is 0 Å². The zero-order valence-corrected chi connectivity index (χ0v) is 12.9. The summed E-state index contributed by atoms with van der Waals surface area (Å²) in [5.41, 5.74) is 0.505. The van der Waals surface area contributed by atoms with Crippen LogP contribution in [0.4, 0.5) is 10.1 Å². The fourth-order valence-corrected chi connectivity index (χ4v) is 2.60. The van der Waals surface area contributed by atoms with Gasteiger partial charge in [-0.05, 0) is 42.5 Å². The van der Waals surface area contributed by atoms with Crippen LogP contribution in [0.15, 0.2) is 51.8 Å². The van der Waals surface area contributed by atoms with E-state index in [1.54, 1.807) is 0 Å². The molecule has 3 N–H and O–H groups in total. The Balaban J connectivity index is 2.20. The highest BCUT2D eigenvalue weighted by Gasteiger charge is 2.10. The van der Waals surface area contributed by atoms with E-state index < -0.39 is 21.7 Å². The number of primary sulfonamides is 1. The lowest BCUT2D eigenvalue weighted by Gasteiger charge is -2.06. The Hall–Kier alpha value is -1.77. The zero-order valence-electron chi connectivity index (χ0n) is 10.5. The molecule has 0 aliphatic rings. The van der Waals surface area contributed by atoms with E-state index in [4.69, 9.17) is 5.14 Å². The standard InChI is InChI=1S/C13H10BrFN2O3S/c14-9-5-8(6-10(15)7-9)13(18)17-11-1-3-12(4-2-11)21(16,19)20/h1-7H,(H,17,18)(H2,16,19,20). The second kappa shape index (κ2) is 5.92. The number of nitrogens with one attached hydrogen (secondary N) is 1. The fourth-order valence-electron chi connectivity index (χ4n) is 1.62. The third-order valence-electron chi connectivity index (χ3n) is 2.57. The molecule has 2 rings (SSSR count). The zero-order chi connectivity index (χ0) is 15.6. The lowest BCUT2D eigenvalue weighted by Crippen LogP contribution is -2.14. The predicted octanol–water partition coefficient (Wildman–Crippen LogP) is 2.49. The molecule has 0 saturated heterocycles. The highest BCUT2D eigenvalue weighted by Crippen LogP contribution is 2.17. The van der Waals surface area contributed by atoms with Crippen molar-refractivity contribution in [1.82, 2.24) is 0 Å². The average molecular weight is 373 g/mol. The van der Waals surface area contributed by atoms with E-state index in [1.165, 1.54) is 36.4 Å². The van der Waals surface area contributed by atoms with Gasteiger partial charge in [0, 0.05) is 15.7 Å². The lowest BCUT2D eigenvalue weighted by atomic mass is 10.2. The van der Waals surface area contributed by atoms with Gasteiger partial charge in [0.05, 0.1) is 4.90 Å². The number of hydrogen-bond donors (Lipinski definition) is 2. The Kier molecular flexibility index (Phi) is 4.40. The Morgan fingerprint density at radius 3 is 2.29 bits per heavy atom. The van der Waals surface area contributed by atoms with E-state index in [0.717, 1.165) is 6.07 Å². The Morgan fingerprint density at radius 2 is 1.76 bits per heavy atom. The molecule has 0 spiro atoms. The second-order valence-corrected chi connectivity index (χ2v) is 6.66. The van der Waals surface area contributed by atoms with Gasteiger partial charge in [-0.3, -0.25) is 4.79 Å². The number of rotatable bonds is 3. The predicted molar refractivity (Wildman–Crippen MR) is 79.9 cm³/mol. The molecule has 0 fully saturated rings. The maximum absolute atomic E-state index is 13.2. The minimum atomic E-state index is -3.78. The van der Waals surface area contributed by atoms with Crippen LogP contribution in [0.25, 0.3) is 0 Å². The molecule has 0 radical (unpaired) electrons. The van der Waals surface area contributed by atoms with Crippen molar-refractivity contribution in [2.24, 2.45) is 5.14 Å². The molecule has 1 amide bonds. The van der Waals surface area contributed by atoms with Crippen molar-refractivity contribution in [3.63, 3.8) is 0 Å². The molecule has 0 aliphatic heterocycles. The van der Waals surface area contributed by atoms with Crippen LogP contribution in [-0.4, -0.2) is 14.3 Å². The quantitative estimate of drug-likeness (QED) is 0.866. The largest absolute Gasteiger partial charge is 0.322 e. The third kappa shape index (κ3) is 4.10. The van der Waals surface area contributed by atoms with Crippen molar-refractivity contribution >= 4 is 37.5 Å². The Labute approximate surface area is 129 Å². The van der Waals surface area contributed by atoms with Crippen LogP contribution in [0.2, 0.25) is 0 Å². The number of benzene rings is 2. The molecule has 0 aromatic heterocycles. The van der Waals surface area contributed by atoms with Gasteiger partial charge in [-0.1, -0.05) is 15.9 Å². The summed E-state index contributed by atoms with van der Waals surface area (Å²) in [7, 11) is -3.78. The van der Waals surface area contributed by atoms with E-state index in [0.29, 0.717) is 10.2 Å². The van der Waals surface area contributed by atoms with Crippen LogP contribution < -0.4 is 10.5 Å². The minimum absolute atomic E-state index is 0.0611. The van der Waals surface area contributed by atoms with Crippen LogP contribution >= 0.6 is 15.9 Å². The second-order valence-electron chi connectivity index (χ2n) is 4.18. The summed E-state index contributed by atoms with van der Waals surface area (Å²) in [5.74, 6) is -1.06. The number of anilines is 1. The molecule has 2 aromatic rings. The molecule has 0 atom stereocenters. The fraction of sp³-hybridized carbons (Fsp3) is 0. The van der Waals surface area contributed by atoms with Gasteiger partial charge in [0.25, 0.3) is 5.91 Å². The summed E-state index contributed by atoms with van der Waals surface area (Å²) in [6, 6.07) is 9.13. The van der Waals surface area contributed by atoms with Crippen molar-refractivity contribution < 1.29 is 17.6 Å². The molecule has 21 heavy (non-hydrogen) atoms. The lowest BCUT2D eigenvalue weighted by molar-refractivity contribution is 0.102. The molecular formula is C13H10BrFN2O3S. The van der Waals surface area contributed by atoms with Crippen LogP contribution in [0.5, 0.6) is 0 Å². The topological polar surface area (TPSA) is 89.3 Å². The van der Waals surface area contributed by atoms with Crippen LogP contribution in [-0.2, 0) is 10.0 Å². The molecule has 0 aliphatic carbocycles. The van der Waals surface area contributed by atoms with Crippen molar-refractivity contribution in [1.29, 1.82) is 0 Å². The van der Waals surface area contributed by atoms with E-state index in [1.807, 2.05) is 0 Å². The molecule has 2 aromatic carbocycles. The molecule has 0 saturated carbocycles. The summed E-state index contributed by atoms with van der Waals surface area (Å²) < 4.78 is 35.9. The number of hydrogen-bond acceptors (Lipinski definition) is 3. The molecule has 0 heterocycles. The molecule has 8 heteroatoms. The highest BCUT2D eigenvalue weighted by atomic mass is 79.9. The van der Waals surface area contributed by atoms with Gasteiger partial charge in [0.1, 0.15) is 5.82 Å². The Bertz CT molecular complexity index is 771. The SMILES string of the molecule is NS(=O)(=O)c1ccc(NC(=O)c2cc(F)cc(Br)c2)cc1. The first-order valence-electron chi connectivity index (χ1n) is 5.66. The summed E-state index contributed by atoms with van der Waals surface area (Å²) in [6.07, 6.45) is 0. The van der Waals surface area contributed by atoms with Crippen molar-refractivity contribution in [3.05, 3.63) is 58.3 Å². The third-order valence-corrected chi connectivity index (χ3v) is 3.95. The van der Waals surface area contributed by atoms with Gasteiger partial charge < -0.3 is 5.32 Å². The number of halogens is 2. The van der Waals surface area contributed by atoms with E-state index in [-0.39, 0.29) is 10.5 Å². The molecule has 0 bridgehead atoms. The van der Waals surface area contributed by atoms with Crippen molar-refractivity contribution in [3.8, 4) is 0 Å². The number of carbonyl (C=O) groups excluding carboxylic acids is 1. The van der Waals surface area contributed by atoms with Crippen molar-refractivity contribution in [2.75, 3.05) is 5.32 Å². The van der Waals surface area contributed by atoms with Crippen LogP contribution in [0, 0.1) is 5.82 Å². The van der Waals surface area contributed by atoms with E-state index in [9.17, 15) is 17.6 Å². The van der Waals surface area contributed by atoms with Gasteiger partial charge >= 0.3 is 0 Å². The monoisotopic (exact) mass is 372 g/mol. The van der Waals surface area contributed by atoms with Crippen molar-refractivity contribution in [2.45, 2.75) is 4.90 Å². The van der Waals surface area contributed by atoms with Gasteiger partial charge in [-0.25, -0.2) is 17.9 Å². The van der Waals surface area contributed by atoms with Crippen LogP contribution in [0.1, 0.15) is 10.4 Å².